The van der Waals surface area contributed by atoms with E-state index in [1.54, 1.807) is 11.6 Å². The van der Waals surface area contributed by atoms with Gasteiger partial charge in [-0.15, -0.1) is 11.3 Å². The van der Waals surface area contributed by atoms with Gasteiger partial charge in [0.25, 0.3) is 0 Å². The van der Waals surface area contributed by atoms with Crippen molar-refractivity contribution in [3.8, 4) is 0 Å². The van der Waals surface area contributed by atoms with Gasteiger partial charge in [0, 0.05) is 11.7 Å². The first-order chi connectivity index (χ1) is 5.77. The van der Waals surface area contributed by atoms with Crippen molar-refractivity contribution in [3.05, 3.63) is 17.8 Å². The lowest BCUT2D eigenvalue weighted by atomic mass is 9.82. The first-order valence-corrected chi connectivity index (χ1v) is 4.20. The number of aromatic nitrogens is 2. The zero-order valence-electron chi connectivity index (χ0n) is 6.01. The summed E-state index contributed by atoms with van der Waals surface area (Å²) >= 11 is 1.42. The van der Waals surface area contributed by atoms with E-state index in [4.69, 9.17) is 10.0 Å². The Morgan fingerprint density at radius 2 is 2.17 bits per heavy atom. The Morgan fingerprint density at radius 3 is 2.92 bits per heavy atom. The fraction of sp³-hybridized carbons (Fsp3) is 0. The van der Waals surface area contributed by atoms with Crippen LogP contribution in [0.25, 0.3) is 10.3 Å². The van der Waals surface area contributed by atoms with Crippen molar-refractivity contribution in [2.45, 2.75) is 0 Å². The van der Waals surface area contributed by atoms with Crippen molar-refractivity contribution in [2.24, 2.45) is 0 Å². The van der Waals surface area contributed by atoms with Crippen LogP contribution in [-0.4, -0.2) is 27.1 Å². The minimum Gasteiger partial charge on any atom is -0.423 e. The molecule has 0 saturated carbocycles. The summed E-state index contributed by atoms with van der Waals surface area (Å²) in [6, 6.07) is 1.67. The van der Waals surface area contributed by atoms with Gasteiger partial charge in [0.2, 0.25) is 0 Å². The van der Waals surface area contributed by atoms with E-state index in [-0.39, 0.29) is 0 Å². The molecule has 12 heavy (non-hydrogen) atoms. The molecule has 0 fully saturated rings. The lowest BCUT2D eigenvalue weighted by Crippen LogP contribution is -2.29. The molecule has 0 aliphatic rings. The van der Waals surface area contributed by atoms with Crippen LogP contribution < -0.4 is 5.46 Å². The third kappa shape index (κ3) is 1.20. The van der Waals surface area contributed by atoms with Gasteiger partial charge in [-0.1, -0.05) is 0 Å². The predicted molar refractivity (Wildman–Crippen MR) is 47.2 cm³/mol. The Kier molecular flexibility index (Phi) is 1.80. The number of nitrogens with zero attached hydrogens (tertiary/aromatic N) is 2. The summed E-state index contributed by atoms with van der Waals surface area (Å²) < 4.78 is 0.862. The molecule has 2 rings (SSSR count). The molecule has 0 atom stereocenters. The first kappa shape index (κ1) is 7.66. The Hall–Kier alpha value is -0.975. The molecule has 2 aromatic rings. The summed E-state index contributed by atoms with van der Waals surface area (Å²) in [6.07, 6.45) is 1.41. The Labute approximate surface area is 72.7 Å². The highest BCUT2D eigenvalue weighted by atomic mass is 32.1. The summed E-state index contributed by atoms with van der Waals surface area (Å²) in [7, 11) is -1.45. The van der Waals surface area contributed by atoms with Gasteiger partial charge >= 0.3 is 7.12 Å². The van der Waals surface area contributed by atoms with Crippen LogP contribution in [0.2, 0.25) is 0 Å². The van der Waals surface area contributed by atoms with Gasteiger partial charge < -0.3 is 10.0 Å². The number of thiazole rings is 1. The van der Waals surface area contributed by atoms with Crippen molar-refractivity contribution >= 4 is 34.3 Å². The molecule has 4 nitrogen and oxygen atoms in total. The largest absolute Gasteiger partial charge is 0.490 e. The molecule has 0 bridgehead atoms. The van der Waals surface area contributed by atoms with Crippen LogP contribution in [0.5, 0.6) is 0 Å². The van der Waals surface area contributed by atoms with Gasteiger partial charge in [0.15, 0.2) is 5.65 Å². The monoisotopic (exact) mass is 180 g/mol. The molecule has 0 radical (unpaired) electrons. The highest BCUT2D eigenvalue weighted by Gasteiger charge is 2.12. The summed E-state index contributed by atoms with van der Waals surface area (Å²) in [5.41, 5.74) is 2.71. The van der Waals surface area contributed by atoms with Crippen LogP contribution in [0.1, 0.15) is 0 Å². The molecule has 0 spiro atoms. The van der Waals surface area contributed by atoms with Gasteiger partial charge in [-0.3, -0.25) is 0 Å². The number of pyridine rings is 1. The normalized spacial score (nSPS) is 10.5. The molecule has 2 N–H and O–H groups in total. The standard InChI is InChI=1S/C6H5BN2O2S/c10-7(11)4-1-5-6(8-2-4)9-3-12-5/h1-3,10-11H. The van der Waals surface area contributed by atoms with E-state index in [0.717, 1.165) is 4.70 Å². The number of fused-ring (bicyclic) bond motifs is 1. The minimum atomic E-state index is -1.45. The molecule has 0 aliphatic carbocycles. The maximum atomic E-state index is 8.82. The van der Waals surface area contributed by atoms with Crippen LogP contribution in [0.4, 0.5) is 0 Å². The van der Waals surface area contributed by atoms with Gasteiger partial charge in [-0.2, -0.15) is 0 Å². The number of hydrogen-bond acceptors (Lipinski definition) is 5. The highest BCUT2D eigenvalue weighted by molar-refractivity contribution is 7.16. The maximum Gasteiger partial charge on any atom is 0.490 e. The third-order valence-electron chi connectivity index (χ3n) is 1.51. The second-order valence-electron chi connectivity index (χ2n) is 2.32. The smallest absolute Gasteiger partial charge is 0.423 e. The van der Waals surface area contributed by atoms with Crippen molar-refractivity contribution in [3.63, 3.8) is 0 Å². The van der Waals surface area contributed by atoms with E-state index >= 15 is 0 Å². The molecule has 2 heterocycles. The van der Waals surface area contributed by atoms with E-state index in [2.05, 4.69) is 9.97 Å². The van der Waals surface area contributed by atoms with Gasteiger partial charge in [0.05, 0.1) is 10.2 Å². The maximum absolute atomic E-state index is 8.82. The predicted octanol–water partition coefficient (Wildman–Crippen LogP) is -0.629. The first-order valence-electron chi connectivity index (χ1n) is 3.32. The second-order valence-corrected chi connectivity index (χ2v) is 3.20. The van der Waals surface area contributed by atoms with E-state index in [0.29, 0.717) is 11.1 Å². The molecule has 60 valence electrons. The average molecular weight is 180 g/mol. The molecule has 6 heteroatoms. The molecule has 0 amide bonds. The fourth-order valence-corrected chi connectivity index (χ4v) is 1.59. The second kappa shape index (κ2) is 2.82. The highest BCUT2D eigenvalue weighted by Crippen LogP contribution is 2.12. The van der Waals surface area contributed by atoms with Crippen LogP contribution in [0, 0.1) is 0 Å². The van der Waals surface area contributed by atoms with E-state index in [1.165, 1.54) is 17.5 Å². The van der Waals surface area contributed by atoms with Gasteiger partial charge in [-0.25, -0.2) is 9.97 Å². The van der Waals surface area contributed by atoms with Crippen molar-refractivity contribution in [2.75, 3.05) is 0 Å². The summed E-state index contributed by atoms with van der Waals surface area (Å²) in [4.78, 5) is 7.91. The topological polar surface area (TPSA) is 66.2 Å². The summed E-state index contributed by atoms with van der Waals surface area (Å²) in [5.74, 6) is 0. The van der Waals surface area contributed by atoms with Gasteiger partial charge in [-0.05, 0) is 6.07 Å². The molecule has 2 aromatic heterocycles. The zero-order chi connectivity index (χ0) is 8.55. The van der Waals surface area contributed by atoms with Crippen LogP contribution in [0.15, 0.2) is 17.8 Å². The minimum absolute atomic E-state index is 0.395. The van der Waals surface area contributed by atoms with E-state index in [1.807, 2.05) is 0 Å². The molecule has 0 unspecified atom stereocenters. The molecule has 0 saturated heterocycles. The quantitative estimate of drug-likeness (QED) is 0.573. The Balaban J connectivity index is 2.60. The van der Waals surface area contributed by atoms with Crippen LogP contribution >= 0.6 is 11.3 Å². The van der Waals surface area contributed by atoms with Gasteiger partial charge in [0.1, 0.15) is 0 Å². The molecule has 0 aliphatic heterocycles. The lowest BCUT2D eigenvalue weighted by molar-refractivity contribution is 0.425. The number of hydrogen-bond donors (Lipinski definition) is 2. The van der Waals surface area contributed by atoms with Crippen molar-refractivity contribution in [1.82, 2.24) is 9.97 Å². The Bertz CT molecular complexity index is 403. The van der Waals surface area contributed by atoms with Crippen molar-refractivity contribution < 1.29 is 10.0 Å². The zero-order valence-corrected chi connectivity index (χ0v) is 6.82. The SMILES string of the molecule is OB(O)c1cnc2ncsc2c1. The average Bonchev–Trinajstić information content (AvgIpc) is 2.49. The molecule has 0 aromatic carbocycles. The summed E-state index contributed by atoms with van der Waals surface area (Å²) in [5, 5.41) is 17.6. The van der Waals surface area contributed by atoms with Crippen LogP contribution in [0.3, 0.4) is 0 Å². The van der Waals surface area contributed by atoms with E-state index < -0.39 is 7.12 Å². The molecular formula is C6H5BN2O2S. The third-order valence-corrected chi connectivity index (χ3v) is 2.27. The molecular weight excluding hydrogens is 175 g/mol. The lowest BCUT2D eigenvalue weighted by Gasteiger charge is -1.96. The van der Waals surface area contributed by atoms with E-state index in [9.17, 15) is 0 Å². The number of rotatable bonds is 1. The summed E-state index contributed by atoms with van der Waals surface area (Å²) in [6.45, 7) is 0. The Morgan fingerprint density at radius 1 is 1.33 bits per heavy atom. The van der Waals surface area contributed by atoms with Crippen LogP contribution in [-0.2, 0) is 0 Å². The fourth-order valence-electron chi connectivity index (χ4n) is 0.910. The van der Waals surface area contributed by atoms with Crippen molar-refractivity contribution in [1.29, 1.82) is 0 Å².